The summed E-state index contributed by atoms with van der Waals surface area (Å²) in [5, 5.41) is 12.3. The highest BCUT2D eigenvalue weighted by atomic mass is 16.7. The minimum Gasteiger partial charge on any atom is -0.459 e. The number of hydrogen-bond acceptors (Lipinski definition) is 4. The van der Waals surface area contributed by atoms with Crippen LogP contribution >= 0.6 is 0 Å². The summed E-state index contributed by atoms with van der Waals surface area (Å²) in [6.45, 7) is 3.23. The Kier molecular flexibility index (Phi) is 7.92. The molecule has 0 aromatic heterocycles. The average Bonchev–Trinajstić information content (AvgIpc) is 2.67. The van der Waals surface area contributed by atoms with Gasteiger partial charge >= 0.3 is 0 Å². The molecular weight excluding hydrogens is 354 g/mol. The molecule has 1 aliphatic heterocycles. The van der Waals surface area contributed by atoms with Gasteiger partial charge in [0.25, 0.3) is 5.91 Å². The number of hydrogen-bond donors (Lipinski definition) is 2. The molecule has 154 valence electrons. The molecule has 0 spiro atoms. The van der Waals surface area contributed by atoms with Gasteiger partial charge in [-0.25, -0.2) is 0 Å². The Morgan fingerprint density at radius 3 is 2.71 bits per heavy atom. The molecule has 1 fully saturated rings. The van der Waals surface area contributed by atoms with Gasteiger partial charge in [0, 0.05) is 25.7 Å². The van der Waals surface area contributed by atoms with E-state index in [4.69, 9.17) is 9.47 Å². The highest BCUT2D eigenvalue weighted by Crippen LogP contribution is 2.44. The Bertz CT molecular complexity index is 641. The van der Waals surface area contributed by atoms with Crippen molar-refractivity contribution < 1.29 is 19.4 Å². The second kappa shape index (κ2) is 10.6. The first-order valence-electron chi connectivity index (χ1n) is 10.7. The van der Waals surface area contributed by atoms with Crippen molar-refractivity contribution in [1.29, 1.82) is 0 Å². The first-order valence-corrected chi connectivity index (χ1v) is 10.7. The molecule has 28 heavy (non-hydrogen) atoms. The van der Waals surface area contributed by atoms with Crippen LogP contribution in [-0.4, -0.2) is 37.1 Å². The highest BCUT2D eigenvalue weighted by Gasteiger charge is 2.42. The van der Waals surface area contributed by atoms with Crippen LogP contribution in [0.3, 0.4) is 0 Å². The first-order chi connectivity index (χ1) is 13.7. The maximum Gasteiger partial charge on any atom is 0.286 e. The van der Waals surface area contributed by atoms with E-state index in [2.05, 4.69) is 17.4 Å². The van der Waals surface area contributed by atoms with E-state index in [0.29, 0.717) is 24.8 Å². The molecule has 3 rings (SSSR count). The molecule has 1 saturated carbocycles. The van der Waals surface area contributed by atoms with Gasteiger partial charge in [0.1, 0.15) is 0 Å². The van der Waals surface area contributed by atoms with Crippen LogP contribution in [0.5, 0.6) is 0 Å². The largest absolute Gasteiger partial charge is 0.459 e. The minimum atomic E-state index is -0.415. The molecule has 0 radical (unpaired) electrons. The number of ether oxygens (including phenoxy) is 2. The summed E-state index contributed by atoms with van der Waals surface area (Å²) in [6.07, 6.45) is 7.62. The van der Waals surface area contributed by atoms with Crippen molar-refractivity contribution in [2.75, 3.05) is 19.8 Å². The van der Waals surface area contributed by atoms with Gasteiger partial charge in [-0.3, -0.25) is 4.79 Å². The van der Waals surface area contributed by atoms with E-state index in [0.717, 1.165) is 19.3 Å². The number of benzene rings is 1. The number of rotatable bonds is 10. The number of aliphatic hydroxyl groups is 1. The lowest BCUT2D eigenvalue weighted by Gasteiger charge is -2.43. The summed E-state index contributed by atoms with van der Waals surface area (Å²) in [5.74, 6) is 1.29. The standard InChI is InChI=1S/C23H33NO4/c1-2-27-23-19(12-7-15-25)20(18-10-6-11-18)16-21(28-23)22(26)24-14-13-17-8-4-3-5-9-17/h3-5,8-9,16,18-20,23,25H,2,6-7,10-15H2,1H3,(H,24,26)/t19-,20+,23+/m0/s1. The smallest absolute Gasteiger partial charge is 0.286 e. The fourth-order valence-electron chi connectivity index (χ4n) is 4.20. The zero-order valence-corrected chi connectivity index (χ0v) is 16.8. The van der Waals surface area contributed by atoms with Crippen LogP contribution in [0.25, 0.3) is 0 Å². The zero-order chi connectivity index (χ0) is 19.8. The fraction of sp³-hybridized carbons (Fsp3) is 0.609. The zero-order valence-electron chi connectivity index (χ0n) is 16.8. The summed E-state index contributed by atoms with van der Waals surface area (Å²) in [7, 11) is 0. The maximum atomic E-state index is 12.7. The number of carbonyl (C=O) groups excluding carboxylic acids is 1. The summed E-state index contributed by atoms with van der Waals surface area (Å²) in [5.41, 5.74) is 1.20. The van der Waals surface area contributed by atoms with Gasteiger partial charge in [-0.1, -0.05) is 36.8 Å². The second-order valence-electron chi connectivity index (χ2n) is 7.76. The van der Waals surface area contributed by atoms with Crippen molar-refractivity contribution in [1.82, 2.24) is 5.32 Å². The Morgan fingerprint density at radius 1 is 1.29 bits per heavy atom. The minimum absolute atomic E-state index is 0.162. The average molecular weight is 388 g/mol. The third-order valence-corrected chi connectivity index (χ3v) is 5.92. The molecule has 2 N–H and O–H groups in total. The molecule has 5 nitrogen and oxygen atoms in total. The normalized spacial score (nSPS) is 24.8. The topological polar surface area (TPSA) is 67.8 Å². The third-order valence-electron chi connectivity index (χ3n) is 5.92. The summed E-state index contributed by atoms with van der Waals surface area (Å²) in [6, 6.07) is 10.1. The van der Waals surface area contributed by atoms with Gasteiger partial charge in [-0.05, 0) is 62.5 Å². The molecule has 1 aromatic rings. The molecule has 3 atom stereocenters. The van der Waals surface area contributed by atoms with Gasteiger partial charge < -0.3 is 19.9 Å². The Balaban J connectivity index is 1.65. The molecule has 5 heteroatoms. The second-order valence-corrected chi connectivity index (χ2v) is 7.76. The monoisotopic (exact) mass is 387 g/mol. The molecule has 1 heterocycles. The predicted octanol–water partition coefficient (Wildman–Crippen LogP) is 3.43. The summed E-state index contributed by atoms with van der Waals surface area (Å²) < 4.78 is 11.9. The van der Waals surface area contributed by atoms with E-state index < -0.39 is 6.29 Å². The van der Waals surface area contributed by atoms with E-state index in [-0.39, 0.29) is 24.3 Å². The molecular formula is C23H33NO4. The SMILES string of the molecule is CCO[C@@H]1OC(C(=O)NCCc2ccccc2)=C[C@H](C2CCC2)[C@@H]1CCCO. The van der Waals surface area contributed by atoms with E-state index in [1.165, 1.54) is 24.8 Å². The van der Waals surface area contributed by atoms with Crippen LogP contribution in [0.4, 0.5) is 0 Å². The number of amides is 1. The fourth-order valence-corrected chi connectivity index (χ4v) is 4.20. The number of aliphatic hydroxyl groups excluding tert-OH is 1. The van der Waals surface area contributed by atoms with Crippen molar-refractivity contribution in [3.05, 3.63) is 47.7 Å². The molecule has 0 bridgehead atoms. The van der Waals surface area contributed by atoms with Crippen molar-refractivity contribution in [3.63, 3.8) is 0 Å². The van der Waals surface area contributed by atoms with Gasteiger partial charge in [0.2, 0.25) is 6.29 Å². The highest BCUT2D eigenvalue weighted by molar-refractivity contribution is 5.91. The Labute approximate surface area is 168 Å². The summed E-state index contributed by atoms with van der Waals surface area (Å²) in [4.78, 5) is 12.7. The molecule has 1 aliphatic carbocycles. The van der Waals surface area contributed by atoms with Crippen molar-refractivity contribution >= 4 is 5.91 Å². The Hall–Kier alpha value is -1.85. The molecule has 2 aliphatic rings. The van der Waals surface area contributed by atoms with E-state index >= 15 is 0 Å². The lowest BCUT2D eigenvalue weighted by Crippen LogP contribution is -2.43. The number of nitrogens with one attached hydrogen (secondary N) is 1. The molecule has 1 aromatic carbocycles. The molecule has 1 amide bonds. The van der Waals surface area contributed by atoms with Crippen LogP contribution in [0.15, 0.2) is 42.2 Å². The number of carbonyl (C=O) groups is 1. The van der Waals surface area contributed by atoms with Crippen molar-refractivity contribution in [3.8, 4) is 0 Å². The van der Waals surface area contributed by atoms with Crippen molar-refractivity contribution in [2.45, 2.75) is 51.7 Å². The lowest BCUT2D eigenvalue weighted by atomic mass is 9.68. The third kappa shape index (κ3) is 5.36. The van der Waals surface area contributed by atoms with E-state index in [9.17, 15) is 9.90 Å². The van der Waals surface area contributed by atoms with Crippen molar-refractivity contribution in [2.24, 2.45) is 17.8 Å². The summed E-state index contributed by atoms with van der Waals surface area (Å²) >= 11 is 0. The predicted molar refractivity (Wildman–Crippen MR) is 108 cm³/mol. The first kappa shape index (κ1) is 20.9. The van der Waals surface area contributed by atoms with E-state index in [1.54, 1.807) is 0 Å². The van der Waals surface area contributed by atoms with Gasteiger partial charge in [0.15, 0.2) is 5.76 Å². The van der Waals surface area contributed by atoms with Gasteiger partial charge in [-0.15, -0.1) is 0 Å². The Morgan fingerprint density at radius 2 is 2.07 bits per heavy atom. The molecule has 0 saturated heterocycles. The van der Waals surface area contributed by atoms with Gasteiger partial charge in [0.05, 0.1) is 0 Å². The molecule has 0 unspecified atom stereocenters. The quantitative estimate of drug-likeness (QED) is 0.645. The van der Waals surface area contributed by atoms with Crippen LogP contribution in [0, 0.1) is 17.8 Å². The maximum absolute atomic E-state index is 12.7. The lowest BCUT2D eigenvalue weighted by molar-refractivity contribution is -0.178. The van der Waals surface area contributed by atoms with Crippen LogP contribution < -0.4 is 5.32 Å². The van der Waals surface area contributed by atoms with Crippen LogP contribution in [0.2, 0.25) is 0 Å². The number of allylic oxidation sites excluding steroid dienone is 1. The van der Waals surface area contributed by atoms with Crippen LogP contribution in [-0.2, 0) is 20.7 Å². The van der Waals surface area contributed by atoms with E-state index in [1.807, 2.05) is 31.2 Å². The van der Waals surface area contributed by atoms with Crippen LogP contribution in [0.1, 0.15) is 44.6 Å². The van der Waals surface area contributed by atoms with Gasteiger partial charge in [-0.2, -0.15) is 0 Å².